The molecule has 0 saturated carbocycles. The van der Waals surface area contributed by atoms with E-state index in [4.69, 9.17) is 9.47 Å². The number of hydrogen-bond acceptors (Lipinski definition) is 4. The summed E-state index contributed by atoms with van der Waals surface area (Å²) in [6.45, 7) is 0. The average Bonchev–Trinajstić information content (AvgIpc) is 2.27. The lowest BCUT2D eigenvalue weighted by atomic mass is 10.2. The summed E-state index contributed by atoms with van der Waals surface area (Å²) in [5, 5.41) is 2.72. The molecule has 1 aromatic rings. The molecule has 0 spiro atoms. The highest BCUT2D eigenvalue weighted by molar-refractivity contribution is 7.89. The Morgan fingerprint density at radius 2 is 1.76 bits per heavy atom. The molecule has 0 aliphatic rings. The number of nitrogens with zero attached hydrogens (tertiary/aromatic N) is 1. The normalized spacial score (nSPS) is 11.5. The van der Waals surface area contributed by atoms with E-state index in [2.05, 4.69) is 9.71 Å². The first-order chi connectivity index (χ1) is 7.98. The van der Waals surface area contributed by atoms with Gasteiger partial charge in [-0.2, -0.15) is 4.40 Å². The lowest BCUT2D eigenvalue weighted by Crippen LogP contribution is -2.02. The quantitative estimate of drug-likeness (QED) is 0.632. The largest absolute Gasteiger partial charge is 0.494 e. The molecule has 1 rings (SSSR count). The molecular formula is C10H14N2O4S. The van der Waals surface area contributed by atoms with E-state index in [1.165, 1.54) is 14.2 Å². The number of sulfonamides is 1. The van der Waals surface area contributed by atoms with E-state index in [9.17, 15) is 8.42 Å². The van der Waals surface area contributed by atoms with Crippen molar-refractivity contribution in [2.24, 2.45) is 4.40 Å². The van der Waals surface area contributed by atoms with E-state index < -0.39 is 10.0 Å². The van der Waals surface area contributed by atoms with Gasteiger partial charge in [-0.1, -0.05) is 6.07 Å². The Balaban J connectivity index is 3.00. The lowest BCUT2D eigenvalue weighted by Gasteiger charge is -2.11. The zero-order valence-electron chi connectivity index (χ0n) is 9.80. The second kappa shape index (κ2) is 5.53. The van der Waals surface area contributed by atoms with E-state index in [1.54, 1.807) is 18.2 Å². The van der Waals surface area contributed by atoms with Gasteiger partial charge in [0.2, 0.25) is 0 Å². The number of para-hydroxylation sites is 1. The first kappa shape index (κ1) is 13.3. The van der Waals surface area contributed by atoms with Crippen LogP contribution in [0.5, 0.6) is 11.5 Å². The third-order valence-corrected chi connectivity index (χ3v) is 2.37. The van der Waals surface area contributed by atoms with Gasteiger partial charge in [-0.3, -0.25) is 0 Å². The van der Waals surface area contributed by atoms with Gasteiger partial charge in [0.05, 0.1) is 20.5 Å². The van der Waals surface area contributed by atoms with Crippen LogP contribution in [0.3, 0.4) is 0 Å². The first-order valence-corrected chi connectivity index (χ1v) is 6.54. The number of ether oxygens (including phenoxy) is 2. The van der Waals surface area contributed by atoms with Gasteiger partial charge in [-0.15, -0.1) is 0 Å². The van der Waals surface area contributed by atoms with Crippen molar-refractivity contribution in [3.8, 4) is 11.5 Å². The number of benzene rings is 1. The molecule has 17 heavy (non-hydrogen) atoms. The molecule has 0 fully saturated rings. The summed E-state index contributed by atoms with van der Waals surface area (Å²) in [4.78, 5) is 0. The summed E-state index contributed by atoms with van der Waals surface area (Å²) in [6, 6.07) is 5.20. The summed E-state index contributed by atoms with van der Waals surface area (Å²) < 4.78 is 35.2. The molecule has 0 bridgehead atoms. The van der Waals surface area contributed by atoms with E-state index in [0.717, 1.165) is 12.6 Å². The van der Waals surface area contributed by atoms with Gasteiger partial charge in [-0.25, -0.2) is 8.42 Å². The Bertz CT molecular complexity index is 489. The van der Waals surface area contributed by atoms with Crippen molar-refractivity contribution in [1.82, 2.24) is 0 Å². The van der Waals surface area contributed by atoms with Crippen molar-refractivity contribution in [2.75, 3.05) is 25.8 Å². The van der Waals surface area contributed by atoms with Gasteiger partial charge in [0.15, 0.2) is 0 Å². The lowest BCUT2D eigenvalue weighted by molar-refractivity contribution is 0.398. The van der Waals surface area contributed by atoms with Crippen molar-refractivity contribution < 1.29 is 17.9 Å². The Hall–Kier alpha value is -1.76. The smallest absolute Gasteiger partial charge is 0.251 e. The molecule has 0 unspecified atom stereocenters. The van der Waals surface area contributed by atoms with Crippen molar-refractivity contribution in [3.63, 3.8) is 0 Å². The molecule has 6 nitrogen and oxygen atoms in total. The molecule has 0 heterocycles. The molecule has 94 valence electrons. The van der Waals surface area contributed by atoms with Gasteiger partial charge in [0.1, 0.15) is 23.5 Å². The highest BCUT2D eigenvalue weighted by Crippen LogP contribution is 2.33. The fraction of sp³-hybridized carbons (Fsp3) is 0.300. The number of methoxy groups -OCH3 is 2. The van der Waals surface area contributed by atoms with Crippen LogP contribution in [-0.2, 0) is 10.0 Å². The highest BCUT2D eigenvalue weighted by Gasteiger charge is 2.08. The maximum Gasteiger partial charge on any atom is 0.251 e. The summed E-state index contributed by atoms with van der Waals surface area (Å²) >= 11 is 0. The zero-order chi connectivity index (χ0) is 12.9. The molecule has 0 atom stereocenters. The highest BCUT2D eigenvalue weighted by atomic mass is 32.2. The van der Waals surface area contributed by atoms with Gasteiger partial charge in [0.25, 0.3) is 10.0 Å². The van der Waals surface area contributed by atoms with E-state index in [1.807, 2.05) is 0 Å². The molecule has 1 aromatic carbocycles. The molecule has 0 saturated heterocycles. The number of rotatable bonds is 5. The number of hydrogen-bond donors (Lipinski definition) is 1. The standard InChI is InChI=1S/C10H14N2O4S/c1-15-8-5-4-6-9(16-2)10(8)11-7-12-17(3,13)14/h4-7H,1-3H3,(H,11,12). The molecule has 7 heteroatoms. The topological polar surface area (TPSA) is 77.0 Å². The fourth-order valence-electron chi connectivity index (χ4n) is 1.18. The first-order valence-electron chi connectivity index (χ1n) is 4.69. The molecule has 0 radical (unpaired) electrons. The van der Waals surface area contributed by atoms with E-state index >= 15 is 0 Å². The molecule has 0 aromatic heterocycles. The fourth-order valence-corrected chi connectivity index (χ4v) is 1.42. The minimum Gasteiger partial charge on any atom is -0.494 e. The predicted octanol–water partition coefficient (Wildman–Crippen LogP) is 1.10. The molecular weight excluding hydrogens is 244 g/mol. The maximum absolute atomic E-state index is 10.8. The third-order valence-electron chi connectivity index (χ3n) is 1.88. The Morgan fingerprint density at radius 3 is 2.18 bits per heavy atom. The van der Waals surface area contributed by atoms with Crippen LogP contribution in [0, 0.1) is 0 Å². The summed E-state index contributed by atoms with van der Waals surface area (Å²) in [6.07, 6.45) is 2.08. The maximum atomic E-state index is 10.8. The van der Waals surface area contributed by atoms with Crippen molar-refractivity contribution in [2.45, 2.75) is 0 Å². The Kier molecular flexibility index (Phi) is 4.33. The summed E-state index contributed by atoms with van der Waals surface area (Å²) in [5.41, 5.74) is 0.518. The van der Waals surface area contributed by atoms with Crippen molar-refractivity contribution in [1.29, 1.82) is 0 Å². The van der Waals surface area contributed by atoms with Crippen molar-refractivity contribution in [3.05, 3.63) is 18.2 Å². The van der Waals surface area contributed by atoms with Gasteiger partial charge >= 0.3 is 0 Å². The van der Waals surface area contributed by atoms with Crippen LogP contribution in [0.1, 0.15) is 0 Å². The number of nitrogens with one attached hydrogen (secondary N) is 1. The predicted molar refractivity (Wildman–Crippen MR) is 66.5 cm³/mol. The monoisotopic (exact) mass is 258 g/mol. The molecule has 0 aliphatic carbocycles. The van der Waals surface area contributed by atoms with Crippen LogP contribution in [0.2, 0.25) is 0 Å². The third kappa shape index (κ3) is 3.95. The molecule has 1 N–H and O–H groups in total. The minimum absolute atomic E-state index is 0.518. The van der Waals surface area contributed by atoms with Crippen LogP contribution in [-0.4, -0.2) is 35.2 Å². The second-order valence-electron chi connectivity index (χ2n) is 3.15. The van der Waals surface area contributed by atoms with Crippen LogP contribution >= 0.6 is 0 Å². The molecule has 0 amide bonds. The Labute approximate surface area is 100 Å². The van der Waals surface area contributed by atoms with Gasteiger partial charge in [0, 0.05) is 0 Å². The average molecular weight is 258 g/mol. The van der Waals surface area contributed by atoms with Crippen LogP contribution < -0.4 is 14.8 Å². The SMILES string of the molecule is COc1cccc(OC)c1NC=NS(C)(=O)=O. The number of anilines is 1. The van der Waals surface area contributed by atoms with Gasteiger partial charge in [-0.05, 0) is 12.1 Å². The zero-order valence-corrected chi connectivity index (χ0v) is 10.6. The second-order valence-corrected chi connectivity index (χ2v) is 4.83. The van der Waals surface area contributed by atoms with Crippen molar-refractivity contribution >= 4 is 22.0 Å². The molecule has 0 aliphatic heterocycles. The van der Waals surface area contributed by atoms with E-state index in [-0.39, 0.29) is 0 Å². The summed E-state index contributed by atoms with van der Waals surface area (Å²) in [5.74, 6) is 1.06. The van der Waals surface area contributed by atoms with Crippen LogP contribution in [0.4, 0.5) is 5.69 Å². The van der Waals surface area contributed by atoms with Gasteiger partial charge < -0.3 is 14.8 Å². The van der Waals surface area contributed by atoms with E-state index in [0.29, 0.717) is 17.2 Å². The minimum atomic E-state index is -3.41. The Morgan fingerprint density at radius 1 is 1.24 bits per heavy atom. The van der Waals surface area contributed by atoms with Crippen LogP contribution in [0.15, 0.2) is 22.6 Å². The summed E-state index contributed by atoms with van der Waals surface area (Å²) in [7, 11) is -0.393. The van der Waals surface area contributed by atoms with Crippen LogP contribution in [0.25, 0.3) is 0 Å².